The lowest BCUT2D eigenvalue weighted by Gasteiger charge is -2.30. The molecule has 194 valence electrons. The Balaban J connectivity index is 1.03. The summed E-state index contributed by atoms with van der Waals surface area (Å²) in [4.78, 5) is 25.4. The lowest BCUT2D eigenvalue weighted by atomic mass is 9.84. The summed E-state index contributed by atoms with van der Waals surface area (Å²) in [7, 11) is 0. The Morgan fingerprint density at radius 1 is 1.17 bits per heavy atom. The molecule has 1 fully saturated rings. The average molecular weight is 535 g/mol. The molecule has 1 amide bonds. The van der Waals surface area contributed by atoms with Gasteiger partial charge in [-0.3, -0.25) is 4.79 Å². The van der Waals surface area contributed by atoms with Gasteiger partial charge < -0.3 is 15.0 Å². The number of alkyl halides is 2. The number of rotatable bonds is 8. The molecule has 0 atom stereocenters. The van der Waals surface area contributed by atoms with Gasteiger partial charge in [0.05, 0.1) is 20.9 Å². The van der Waals surface area contributed by atoms with Crippen molar-refractivity contribution in [2.24, 2.45) is 5.92 Å². The standard InChI is InChI=1S/C26H32F2N4O2S2/c1-16-29-21-14-18(4-7-22(21)35-16)25(33)30-19-5-2-17(3-6-19)8-11-32-12-9-20-23(10-13-32)36-26(31-20)34-15-24(27)28/h4,7,14,17,19,24H,2-3,5-6,8-13,15H2,1H3,(H,30,33)/t17-,19-. The Bertz CT molecular complexity index is 1160. The topological polar surface area (TPSA) is 67.4 Å². The van der Waals surface area contributed by atoms with Crippen molar-refractivity contribution in [3.8, 4) is 5.19 Å². The smallest absolute Gasteiger partial charge is 0.273 e. The van der Waals surface area contributed by atoms with Gasteiger partial charge in [-0.25, -0.2) is 18.7 Å². The molecule has 3 heterocycles. The molecule has 1 saturated carbocycles. The van der Waals surface area contributed by atoms with Crippen molar-refractivity contribution in [2.75, 3.05) is 26.2 Å². The number of hydrogen-bond acceptors (Lipinski definition) is 7. The second-order valence-electron chi connectivity index (χ2n) is 9.79. The van der Waals surface area contributed by atoms with Crippen LogP contribution < -0.4 is 10.1 Å². The number of halogens is 2. The fraction of sp³-hybridized carbons (Fsp3) is 0.577. The number of nitrogens with one attached hydrogen (secondary N) is 1. The maximum absolute atomic E-state index is 12.8. The van der Waals surface area contributed by atoms with Crippen molar-refractivity contribution in [1.82, 2.24) is 20.2 Å². The molecule has 1 aliphatic carbocycles. The van der Waals surface area contributed by atoms with E-state index in [9.17, 15) is 13.6 Å². The Hall–Kier alpha value is -2.17. The van der Waals surface area contributed by atoms with E-state index in [0.717, 1.165) is 79.1 Å². The summed E-state index contributed by atoms with van der Waals surface area (Å²) in [6.07, 6.45) is 4.77. The first kappa shape index (κ1) is 25.5. The summed E-state index contributed by atoms with van der Waals surface area (Å²) >= 11 is 3.06. The monoisotopic (exact) mass is 534 g/mol. The Kier molecular flexibility index (Phi) is 8.12. The predicted molar refractivity (Wildman–Crippen MR) is 140 cm³/mol. The number of aromatic nitrogens is 2. The average Bonchev–Trinajstić information content (AvgIpc) is 3.38. The van der Waals surface area contributed by atoms with E-state index in [1.807, 2.05) is 25.1 Å². The van der Waals surface area contributed by atoms with E-state index in [4.69, 9.17) is 4.74 Å². The zero-order chi connectivity index (χ0) is 25.1. The first-order valence-electron chi connectivity index (χ1n) is 12.7. The fourth-order valence-electron chi connectivity index (χ4n) is 5.22. The van der Waals surface area contributed by atoms with Gasteiger partial charge >= 0.3 is 0 Å². The third kappa shape index (κ3) is 6.39. The van der Waals surface area contributed by atoms with Gasteiger partial charge in [-0.2, -0.15) is 0 Å². The van der Waals surface area contributed by atoms with Gasteiger partial charge in [-0.05, 0) is 76.1 Å². The number of aryl methyl sites for hydroxylation is 1. The number of carbonyl (C=O) groups excluding carboxylic acids is 1. The van der Waals surface area contributed by atoms with Crippen LogP contribution in [0.4, 0.5) is 8.78 Å². The molecule has 0 radical (unpaired) electrons. The zero-order valence-corrected chi connectivity index (χ0v) is 22.1. The molecule has 0 bridgehead atoms. The van der Waals surface area contributed by atoms with E-state index >= 15 is 0 Å². The number of nitrogens with zero attached hydrogens (tertiary/aromatic N) is 3. The minimum atomic E-state index is -2.47. The summed E-state index contributed by atoms with van der Waals surface area (Å²) in [5.41, 5.74) is 2.59. The highest BCUT2D eigenvalue weighted by Crippen LogP contribution is 2.30. The van der Waals surface area contributed by atoms with Gasteiger partial charge in [-0.1, -0.05) is 11.3 Å². The molecule has 36 heavy (non-hydrogen) atoms. The van der Waals surface area contributed by atoms with E-state index < -0.39 is 13.0 Å². The summed E-state index contributed by atoms with van der Waals surface area (Å²) < 4.78 is 31.0. The summed E-state index contributed by atoms with van der Waals surface area (Å²) in [6, 6.07) is 6.02. The molecule has 0 saturated heterocycles. The Labute approximate surface area is 218 Å². The first-order valence-corrected chi connectivity index (χ1v) is 14.4. The number of hydrogen-bond donors (Lipinski definition) is 1. The summed E-state index contributed by atoms with van der Waals surface area (Å²) in [6.45, 7) is 4.38. The molecule has 5 rings (SSSR count). The lowest BCUT2D eigenvalue weighted by Crippen LogP contribution is -2.38. The molecule has 6 nitrogen and oxygen atoms in total. The number of amides is 1. The van der Waals surface area contributed by atoms with Gasteiger partial charge in [-0.15, -0.1) is 11.3 Å². The highest BCUT2D eigenvalue weighted by Gasteiger charge is 2.25. The molecule has 1 aromatic carbocycles. The van der Waals surface area contributed by atoms with Crippen molar-refractivity contribution in [2.45, 2.75) is 64.3 Å². The van der Waals surface area contributed by atoms with Gasteiger partial charge in [0.15, 0.2) is 6.61 Å². The molecule has 1 N–H and O–H groups in total. The number of carbonyl (C=O) groups is 1. The maximum atomic E-state index is 12.8. The van der Waals surface area contributed by atoms with Crippen LogP contribution in [0.15, 0.2) is 18.2 Å². The molecule has 10 heteroatoms. The molecule has 1 aliphatic heterocycles. The predicted octanol–water partition coefficient (Wildman–Crippen LogP) is 5.48. The van der Waals surface area contributed by atoms with E-state index in [-0.39, 0.29) is 11.9 Å². The molecule has 3 aromatic rings. The number of ether oxygens (including phenoxy) is 1. The maximum Gasteiger partial charge on any atom is 0.273 e. The molecule has 2 aliphatic rings. The molecule has 0 unspecified atom stereocenters. The minimum Gasteiger partial charge on any atom is -0.464 e. The van der Waals surface area contributed by atoms with Gasteiger partial charge in [0.2, 0.25) is 0 Å². The van der Waals surface area contributed by atoms with Gasteiger partial charge in [0, 0.05) is 36.0 Å². The molecule has 0 spiro atoms. The number of benzene rings is 1. The van der Waals surface area contributed by atoms with Crippen molar-refractivity contribution >= 4 is 38.8 Å². The second-order valence-corrected chi connectivity index (χ2v) is 12.1. The third-order valence-electron chi connectivity index (χ3n) is 7.20. The van der Waals surface area contributed by atoms with Crippen LogP contribution in [0.3, 0.4) is 0 Å². The van der Waals surface area contributed by atoms with E-state index in [1.165, 1.54) is 22.6 Å². The molecular weight excluding hydrogens is 502 g/mol. The van der Waals surface area contributed by atoms with Crippen molar-refractivity contribution < 1.29 is 18.3 Å². The summed E-state index contributed by atoms with van der Waals surface area (Å²) in [5.74, 6) is 0.691. The second kappa shape index (κ2) is 11.5. The van der Waals surface area contributed by atoms with Crippen LogP contribution in [0.2, 0.25) is 0 Å². The van der Waals surface area contributed by atoms with E-state index in [1.54, 1.807) is 11.3 Å². The van der Waals surface area contributed by atoms with Crippen LogP contribution in [0.25, 0.3) is 10.2 Å². The third-order valence-corrected chi connectivity index (χ3v) is 9.23. The quantitative estimate of drug-likeness (QED) is 0.414. The largest absolute Gasteiger partial charge is 0.464 e. The first-order chi connectivity index (χ1) is 17.4. The zero-order valence-electron chi connectivity index (χ0n) is 20.5. The van der Waals surface area contributed by atoms with Crippen molar-refractivity contribution in [3.05, 3.63) is 39.3 Å². The van der Waals surface area contributed by atoms with Crippen LogP contribution in [0, 0.1) is 12.8 Å². The van der Waals surface area contributed by atoms with Crippen LogP contribution in [-0.2, 0) is 12.8 Å². The van der Waals surface area contributed by atoms with Crippen LogP contribution in [0.5, 0.6) is 5.19 Å². The van der Waals surface area contributed by atoms with Gasteiger partial charge in [0.1, 0.15) is 0 Å². The van der Waals surface area contributed by atoms with E-state index in [0.29, 0.717) is 16.7 Å². The van der Waals surface area contributed by atoms with Crippen molar-refractivity contribution in [3.63, 3.8) is 0 Å². The summed E-state index contributed by atoms with van der Waals surface area (Å²) in [5, 5.41) is 4.62. The van der Waals surface area contributed by atoms with Crippen LogP contribution in [-0.4, -0.2) is 59.5 Å². The van der Waals surface area contributed by atoms with Crippen LogP contribution in [0.1, 0.15) is 58.0 Å². The SMILES string of the molecule is Cc1nc2cc(C(=O)N[C@H]3CC[C@H](CCN4CCc5nc(OCC(F)F)sc5CC4)CC3)ccc2s1. The number of thiazole rings is 2. The Morgan fingerprint density at radius 2 is 1.97 bits per heavy atom. The molecule has 2 aromatic heterocycles. The lowest BCUT2D eigenvalue weighted by molar-refractivity contribution is 0.0816. The highest BCUT2D eigenvalue weighted by molar-refractivity contribution is 7.18. The normalized spacial score (nSPS) is 20.9. The number of fused-ring (bicyclic) bond motifs is 2. The molecular formula is C26H32F2N4O2S2. The van der Waals surface area contributed by atoms with Crippen LogP contribution >= 0.6 is 22.7 Å². The minimum absolute atomic E-state index is 0.000546. The fourth-order valence-corrected chi connectivity index (χ4v) is 6.98. The highest BCUT2D eigenvalue weighted by atomic mass is 32.1. The van der Waals surface area contributed by atoms with E-state index in [2.05, 4.69) is 20.2 Å². The van der Waals surface area contributed by atoms with Gasteiger partial charge in [0.25, 0.3) is 17.5 Å². The van der Waals surface area contributed by atoms with Crippen molar-refractivity contribution in [1.29, 1.82) is 0 Å². The Morgan fingerprint density at radius 3 is 2.78 bits per heavy atom.